The van der Waals surface area contributed by atoms with Crippen molar-refractivity contribution in [2.45, 2.75) is 13.5 Å². The summed E-state index contributed by atoms with van der Waals surface area (Å²) in [5.41, 5.74) is 1.73. The molecule has 3 aromatic heterocycles. The number of ether oxygens (including phenoxy) is 1. The molecule has 0 saturated heterocycles. The molecule has 0 fully saturated rings. The molecule has 132 valence electrons. The fourth-order valence-electron chi connectivity index (χ4n) is 3.01. The third kappa shape index (κ3) is 2.64. The normalized spacial score (nSPS) is 11.2. The number of anilines is 1. The molecule has 3 heterocycles. The number of rotatable bonds is 4. The third-order valence-electron chi connectivity index (χ3n) is 4.14. The SMILES string of the molecule is COc1ccccc1NC(=O)Cn1nc(C)n2c(cc3sccc32)c1=O. The molecule has 7 nitrogen and oxygen atoms in total. The molecule has 0 saturated carbocycles. The van der Waals surface area contributed by atoms with Gasteiger partial charge in [0.25, 0.3) is 5.56 Å². The average molecular weight is 368 g/mol. The van der Waals surface area contributed by atoms with E-state index >= 15 is 0 Å². The van der Waals surface area contributed by atoms with Gasteiger partial charge in [-0.25, -0.2) is 4.68 Å². The second kappa shape index (κ2) is 6.30. The topological polar surface area (TPSA) is 77.6 Å². The van der Waals surface area contributed by atoms with Crippen LogP contribution in [-0.2, 0) is 11.3 Å². The number of aromatic nitrogens is 3. The van der Waals surface area contributed by atoms with Gasteiger partial charge in [0.1, 0.15) is 23.6 Å². The maximum absolute atomic E-state index is 12.7. The Morgan fingerprint density at radius 3 is 2.88 bits per heavy atom. The number of carbonyl (C=O) groups excluding carboxylic acids is 1. The van der Waals surface area contributed by atoms with E-state index in [9.17, 15) is 9.59 Å². The van der Waals surface area contributed by atoms with Crippen molar-refractivity contribution in [2.75, 3.05) is 12.4 Å². The Bertz CT molecular complexity index is 1190. The van der Waals surface area contributed by atoms with Gasteiger partial charge in [0.15, 0.2) is 0 Å². The van der Waals surface area contributed by atoms with E-state index in [1.807, 2.05) is 34.9 Å². The number of amides is 1. The average Bonchev–Trinajstić information content (AvgIpc) is 3.21. The number of nitrogens with one attached hydrogen (secondary N) is 1. The van der Waals surface area contributed by atoms with Gasteiger partial charge in [-0.1, -0.05) is 12.1 Å². The molecule has 0 aliphatic carbocycles. The van der Waals surface area contributed by atoms with E-state index in [2.05, 4.69) is 10.4 Å². The summed E-state index contributed by atoms with van der Waals surface area (Å²) in [6, 6.07) is 10.9. The van der Waals surface area contributed by atoms with Gasteiger partial charge in [-0.05, 0) is 36.6 Å². The monoisotopic (exact) mass is 368 g/mol. The number of hydrogen-bond acceptors (Lipinski definition) is 5. The molecule has 4 rings (SSSR count). The minimum atomic E-state index is -0.346. The van der Waals surface area contributed by atoms with Crippen LogP contribution in [0.15, 0.2) is 46.6 Å². The number of aryl methyl sites for hydroxylation is 1. The summed E-state index contributed by atoms with van der Waals surface area (Å²) in [5, 5.41) is 9.04. The van der Waals surface area contributed by atoms with Crippen LogP contribution in [0.25, 0.3) is 15.7 Å². The van der Waals surface area contributed by atoms with Crippen molar-refractivity contribution >= 4 is 38.7 Å². The van der Waals surface area contributed by atoms with E-state index in [1.54, 1.807) is 29.5 Å². The Hall–Kier alpha value is -3.13. The van der Waals surface area contributed by atoms with Crippen LogP contribution < -0.4 is 15.6 Å². The van der Waals surface area contributed by atoms with E-state index in [4.69, 9.17) is 4.74 Å². The Morgan fingerprint density at radius 2 is 2.08 bits per heavy atom. The van der Waals surface area contributed by atoms with Crippen LogP contribution in [0.2, 0.25) is 0 Å². The van der Waals surface area contributed by atoms with Gasteiger partial charge in [0.2, 0.25) is 5.91 Å². The molecule has 1 N–H and O–H groups in total. The van der Waals surface area contributed by atoms with E-state index in [0.29, 0.717) is 22.8 Å². The first kappa shape index (κ1) is 16.3. The van der Waals surface area contributed by atoms with Crippen molar-refractivity contribution in [3.05, 3.63) is 58.0 Å². The van der Waals surface area contributed by atoms with E-state index in [1.165, 1.54) is 11.8 Å². The van der Waals surface area contributed by atoms with Gasteiger partial charge in [0, 0.05) is 0 Å². The lowest BCUT2D eigenvalue weighted by molar-refractivity contribution is -0.117. The van der Waals surface area contributed by atoms with Crippen LogP contribution in [0.3, 0.4) is 0 Å². The van der Waals surface area contributed by atoms with Gasteiger partial charge >= 0.3 is 0 Å². The number of benzene rings is 1. The zero-order chi connectivity index (χ0) is 18.3. The Kier molecular flexibility index (Phi) is 3.96. The lowest BCUT2D eigenvalue weighted by Crippen LogP contribution is -2.31. The van der Waals surface area contributed by atoms with Gasteiger partial charge in [-0.15, -0.1) is 11.3 Å². The van der Waals surface area contributed by atoms with Crippen LogP contribution in [0.5, 0.6) is 5.75 Å². The van der Waals surface area contributed by atoms with Crippen molar-refractivity contribution in [1.29, 1.82) is 0 Å². The fraction of sp³-hybridized carbons (Fsp3) is 0.167. The first-order chi connectivity index (χ1) is 12.6. The van der Waals surface area contributed by atoms with Gasteiger partial charge < -0.3 is 10.1 Å². The number of hydrogen-bond donors (Lipinski definition) is 1. The first-order valence-corrected chi connectivity index (χ1v) is 8.85. The number of carbonyl (C=O) groups is 1. The molecule has 1 aromatic carbocycles. The van der Waals surface area contributed by atoms with Crippen LogP contribution in [0.4, 0.5) is 5.69 Å². The molecule has 0 aliphatic heterocycles. The summed E-state index contributed by atoms with van der Waals surface area (Å²) in [6.45, 7) is 1.64. The highest BCUT2D eigenvalue weighted by Crippen LogP contribution is 2.25. The molecule has 0 aliphatic rings. The highest BCUT2D eigenvalue weighted by molar-refractivity contribution is 7.17. The first-order valence-electron chi connectivity index (χ1n) is 7.97. The quantitative estimate of drug-likeness (QED) is 0.601. The summed E-state index contributed by atoms with van der Waals surface area (Å²) < 4.78 is 9.25. The van der Waals surface area contributed by atoms with Gasteiger partial charge in [-0.2, -0.15) is 5.10 Å². The van der Waals surface area contributed by atoms with Crippen molar-refractivity contribution in [2.24, 2.45) is 0 Å². The summed E-state index contributed by atoms with van der Waals surface area (Å²) >= 11 is 1.57. The summed E-state index contributed by atoms with van der Waals surface area (Å²) in [7, 11) is 1.53. The molecular weight excluding hydrogens is 352 g/mol. The van der Waals surface area contributed by atoms with Gasteiger partial charge in [-0.3, -0.25) is 14.0 Å². The molecule has 0 bridgehead atoms. The van der Waals surface area contributed by atoms with E-state index in [-0.39, 0.29) is 18.0 Å². The molecule has 26 heavy (non-hydrogen) atoms. The molecule has 0 atom stereocenters. The third-order valence-corrected chi connectivity index (χ3v) is 4.99. The fourth-order valence-corrected chi connectivity index (χ4v) is 3.81. The minimum Gasteiger partial charge on any atom is -0.495 e. The highest BCUT2D eigenvalue weighted by Gasteiger charge is 2.15. The van der Waals surface area contributed by atoms with E-state index < -0.39 is 0 Å². The molecule has 8 heteroatoms. The number of para-hydroxylation sites is 2. The molecular formula is C18H16N4O3S. The number of thiophene rings is 1. The standard InChI is InChI=1S/C18H16N4O3S/c1-11-20-21(10-17(23)19-12-5-3-4-6-15(12)25-2)18(24)14-9-16-13(22(11)14)7-8-26-16/h3-9H,10H2,1-2H3,(H,19,23). The number of methoxy groups -OCH3 is 1. The molecule has 0 unspecified atom stereocenters. The van der Waals surface area contributed by atoms with Crippen LogP contribution >= 0.6 is 11.3 Å². The van der Waals surface area contributed by atoms with Gasteiger partial charge in [0.05, 0.1) is 23.0 Å². The predicted molar refractivity (Wildman–Crippen MR) is 101 cm³/mol. The second-order valence-corrected chi connectivity index (χ2v) is 6.74. The highest BCUT2D eigenvalue weighted by atomic mass is 32.1. The molecule has 1 amide bonds. The second-order valence-electron chi connectivity index (χ2n) is 5.79. The predicted octanol–water partition coefficient (Wildman–Crippen LogP) is 2.67. The van der Waals surface area contributed by atoms with E-state index in [0.717, 1.165) is 10.2 Å². The van der Waals surface area contributed by atoms with Crippen LogP contribution in [0.1, 0.15) is 5.82 Å². The van der Waals surface area contributed by atoms with Crippen molar-refractivity contribution in [1.82, 2.24) is 14.2 Å². The zero-order valence-electron chi connectivity index (χ0n) is 14.2. The number of nitrogens with zero attached hydrogens (tertiary/aromatic N) is 3. The van der Waals surface area contributed by atoms with Crippen molar-refractivity contribution < 1.29 is 9.53 Å². The van der Waals surface area contributed by atoms with Crippen molar-refractivity contribution in [3.8, 4) is 5.75 Å². The smallest absolute Gasteiger partial charge is 0.291 e. The lowest BCUT2D eigenvalue weighted by atomic mass is 10.3. The maximum Gasteiger partial charge on any atom is 0.291 e. The lowest BCUT2D eigenvalue weighted by Gasteiger charge is -2.11. The Balaban J connectivity index is 1.68. The maximum atomic E-state index is 12.7. The molecule has 4 aromatic rings. The largest absolute Gasteiger partial charge is 0.495 e. The zero-order valence-corrected chi connectivity index (χ0v) is 15.0. The van der Waals surface area contributed by atoms with Crippen LogP contribution in [-0.4, -0.2) is 27.2 Å². The van der Waals surface area contributed by atoms with Crippen molar-refractivity contribution in [3.63, 3.8) is 0 Å². The summed E-state index contributed by atoms with van der Waals surface area (Å²) in [6.07, 6.45) is 0. The summed E-state index contributed by atoms with van der Waals surface area (Å²) in [4.78, 5) is 25.1. The van der Waals surface area contributed by atoms with Crippen LogP contribution in [0, 0.1) is 6.92 Å². The number of fused-ring (bicyclic) bond motifs is 3. The molecule has 0 radical (unpaired) electrons. The summed E-state index contributed by atoms with van der Waals surface area (Å²) in [5.74, 6) is 0.860. The minimum absolute atomic E-state index is 0.174. The molecule has 0 spiro atoms. The Labute approximate surface area is 152 Å². The Morgan fingerprint density at radius 1 is 1.27 bits per heavy atom.